The normalized spacial score (nSPS) is 18.1. The van der Waals surface area contributed by atoms with Crippen LogP contribution in [0.1, 0.15) is 22.0 Å². The molecule has 0 radical (unpaired) electrons. The lowest BCUT2D eigenvalue weighted by Crippen LogP contribution is -2.45. The summed E-state index contributed by atoms with van der Waals surface area (Å²) in [5.74, 6) is 0. The van der Waals surface area contributed by atoms with E-state index in [1.54, 1.807) is 23.5 Å². The SMILES string of the molecule is FC(F)(F)c1ccc(C(c2ccc(Br)s2)N2CCNCC2)cc1. The molecular weight excluding hydrogens is 389 g/mol. The second kappa shape index (κ2) is 6.93. The molecule has 0 saturated carbocycles. The minimum Gasteiger partial charge on any atom is -0.314 e. The summed E-state index contributed by atoms with van der Waals surface area (Å²) in [5.41, 5.74) is 0.293. The maximum Gasteiger partial charge on any atom is 0.416 e. The Hall–Kier alpha value is -0.890. The molecule has 23 heavy (non-hydrogen) atoms. The van der Waals surface area contributed by atoms with Gasteiger partial charge in [-0.15, -0.1) is 11.3 Å². The second-order valence-electron chi connectivity index (χ2n) is 5.45. The molecule has 1 atom stereocenters. The molecule has 1 fully saturated rings. The number of nitrogens with one attached hydrogen (secondary N) is 1. The molecule has 7 heteroatoms. The molecule has 1 aliphatic rings. The highest BCUT2D eigenvalue weighted by molar-refractivity contribution is 9.11. The smallest absolute Gasteiger partial charge is 0.314 e. The van der Waals surface area contributed by atoms with Crippen molar-refractivity contribution in [1.82, 2.24) is 10.2 Å². The van der Waals surface area contributed by atoms with E-state index in [4.69, 9.17) is 0 Å². The Morgan fingerprint density at radius 3 is 2.22 bits per heavy atom. The third-order valence-electron chi connectivity index (χ3n) is 3.93. The van der Waals surface area contributed by atoms with Crippen LogP contribution in [0.3, 0.4) is 0 Å². The third-order valence-corrected chi connectivity index (χ3v) is 5.61. The molecule has 1 aromatic heterocycles. The molecule has 1 saturated heterocycles. The zero-order valence-corrected chi connectivity index (χ0v) is 14.6. The van der Waals surface area contributed by atoms with Gasteiger partial charge in [0, 0.05) is 31.1 Å². The number of alkyl halides is 3. The summed E-state index contributed by atoms with van der Waals surface area (Å²) in [6.07, 6.45) is -4.30. The summed E-state index contributed by atoms with van der Waals surface area (Å²) in [6, 6.07) is 9.57. The molecule has 1 unspecified atom stereocenters. The Kier molecular flexibility index (Phi) is 5.10. The molecule has 0 amide bonds. The summed E-state index contributed by atoms with van der Waals surface area (Å²) in [6.45, 7) is 3.54. The van der Waals surface area contributed by atoms with E-state index in [0.717, 1.165) is 40.4 Å². The Morgan fingerprint density at radius 2 is 1.70 bits per heavy atom. The molecule has 0 spiro atoms. The molecule has 1 aliphatic heterocycles. The van der Waals surface area contributed by atoms with Crippen molar-refractivity contribution < 1.29 is 13.2 Å². The average Bonchev–Trinajstić information content (AvgIpc) is 2.94. The van der Waals surface area contributed by atoms with Crippen molar-refractivity contribution in [3.63, 3.8) is 0 Å². The standard InChI is InChI=1S/C16H16BrF3N2S/c17-14-6-5-13(23-14)15(22-9-7-21-8-10-22)11-1-3-12(4-2-11)16(18,19)20/h1-6,15,21H,7-10H2. The van der Waals surface area contributed by atoms with E-state index in [1.165, 1.54) is 12.1 Å². The lowest BCUT2D eigenvalue weighted by molar-refractivity contribution is -0.137. The number of rotatable bonds is 3. The number of halogens is 4. The van der Waals surface area contributed by atoms with Crippen molar-refractivity contribution in [1.29, 1.82) is 0 Å². The first-order valence-electron chi connectivity index (χ1n) is 7.32. The Bertz CT molecular complexity index is 648. The summed E-state index contributed by atoms with van der Waals surface area (Å²) >= 11 is 5.10. The monoisotopic (exact) mass is 404 g/mol. The average molecular weight is 405 g/mol. The molecule has 2 nitrogen and oxygen atoms in total. The molecular formula is C16H16BrF3N2S. The fraction of sp³-hybridized carbons (Fsp3) is 0.375. The molecule has 0 bridgehead atoms. The highest BCUT2D eigenvalue weighted by Gasteiger charge is 2.31. The first-order valence-corrected chi connectivity index (χ1v) is 8.93. The maximum absolute atomic E-state index is 12.8. The lowest BCUT2D eigenvalue weighted by Gasteiger charge is -2.34. The minimum atomic E-state index is -4.30. The number of piperazine rings is 1. The van der Waals surface area contributed by atoms with E-state index < -0.39 is 11.7 Å². The van der Waals surface area contributed by atoms with Crippen LogP contribution in [0.25, 0.3) is 0 Å². The van der Waals surface area contributed by atoms with E-state index in [2.05, 4.69) is 26.1 Å². The van der Waals surface area contributed by atoms with Crippen molar-refractivity contribution in [3.8, 4) is 0 Å². The van der Waals surface area contributed by atoms with Crippen LogP contribution in [0.15, 0.2) is 40.2 Å². The number of hydrogen-bond donors (Lipinski definition) is 1. The Labute approximate surface area is 145 Å². The zero-order chi connectivity index (χ0) is 16.4. The van der Waals surface area contributed by atoms with E-state index in [1.807, 2.05) is 12.1 Å². The summed E-state index contributed by atoms with van der Waals surface area (Å²) in [4.78, 5) is 3.45. The fourth-order valence-corrected chi connectivity index (χ4v) is 4.41. The van der Waals surface area contributed by atoms with Crippen molar-refractivity contribution >= 4 is 27.3 Å². The predicted octanol–water partition coefficient (Wildman–Crippen LogP) is 4.52. The van der Waals surface area contributed by atoms with Gasteiger partial charge in [-0.1, -0.05) is 12.1 Å². The lowest BCUT2D eigenvalue weighted by atomic mass is 10.0. The number of thiophene rings is 1. The topological polar surface area (TPSA) is 15.3 Å². The van der Waals surface area contributed by atoms with Gasteiger partial charge in [-0.2, -0.15) is 13.2 Å². The van der Waals surface area contributed by atoms with Crippen LogP contribution in [0.4, 0.5) is 13.2 Å². The van der Waals surface area contributed by atoms with Gasteiger partial charge < -0.3 is 5.32 Å². The second-order valence-corrected chi connectivity index (χ2v) is 7.94. The van der Waals surface area contributed by atoms with Gasteiger partial charge in [0.15, 0.2) is 0 Å². The van der Waals surface area contributed by atoms with E-state index in [-0.39, 0.29) is 6.04 Å². The summed E-state index contributed by atoms with van der Waals surface area (Å²) in [5, 5.41) is 3.31. The molecule has 3 rings (SSSR count). The van der Waals surface area contributed by atoms with Crippen LogP contribution in [0.2, 0.25) is 0 Å². The maximum atomic E-state index is 12.8. The summed E-state index contributed by atoms with van der Waals surface area (Å²) in [7, 11) is 0. The van der Waals surface area contributed by atoms with E-state index >= 15 is 0 Å². The number of hydrogen-bond acceptors (Lipinski definition) is 3. The van der Waals surface area contributed by atoms with Gasteiger partial charge in [0.05, 0.1) is 15.4 Å². The van der Waals surface area contributed by atoms with Crippen LogP contribution < -0.4 is 5.32 Å². The largest absolute Gasteiger partial charge is 0.416 e. The highest BCUT2D eigenvalue weighted by Crippen LogP contribution is 2.37. The van der Waals surface area contributed by atoms with Crippen LogP contribution in [0, 0.1) is 0 Å². The van der Waals surface area contributed by atoms with Gasteiger partial charge in [-0.25, -0.2) is 0 Å². The fourth-order valence-electron chi connectivity index (χ4n) is 2.82. The van der Waals surface area contributed by atoms with Gasteiger partial charge in [0.1, 0.15) is 0 Å². The number of nitrogens with zero attached hydrogens (tertiary/aromatic N) is 1. The van der Waals surface area contributed by atoms with Crippen LogP contribution in [-0.4, -0.2) is 31.1 Å². The number of benzene rings is 1. The molecule has 124 valence electrons. The van der Waals surface area contributed by atoms with Gasteiger partial charge in [-0.05, 0) is 45.8 Å². The molecule has 0 aliphatic carbocycles. The van der Waals surface area contributed by atoms with Crippen molar-refractivity contribution in [2.45, 2.75) is 12.2 Å². The first kappa shape index (κ1) is 17.0. The van der Waals surface area contributed by atoms with Crippen molar-refractivity contribution in [2.24, 2.45) is 0 Å². The van der Waals surface area contributed by atoms with E-state index in [0.29, 0.717) is 0 Å². The highest BCUT2D eigenvalue weighted by atomic mass is 79.9. The van der Waals surface area contributed by atoms with Crippen molar-refractivity contribution in [3.05, 3.63) is 56.2 Å². The molecule has 1 aromatic carbocycles. The predicted molar refractivity (Wildman–Crippen MR) is 89.7 cm³/mol. The van der Waals surface area contributed by atoms with Gasteiger partial charge in [0.25, 0.3) is 0 Å². The van der Waals surface area contributed by atoms with Crippen LogP contribution in [0.5, 0.6) is 0 Å². The molecule has 2 aromatic rings. The third kappa shape index (κ3) is 3.96. The van der Waals surface area contributed by atoms with Crippen molar-refractivity contribution in [2.75, 3.05) is 26.2 Å². The summed E-state index contributed by atoms with van der Waals surface area (Å²) < 4.78 is 39.4. The molecule has 2 heterocycles. The first-order chi connectivity index (χ1) is 10.9. The van der Waals surface area contributed by atoms with Crippen LogP contribution >= 0.6 is 27.3 Å². The van der Waals surface area contributed by atoms with Gasteiger partial charge in [-0.3, -0.25) is 4.90 Å². The van der Waals surface area contributed by atoms with Gasteiger partial charge in [0.2, 0.25) is 0 Å². The van der Waals surface area contributed by atoms with Crippen LogP contribution in [-0.2, 0) is 6.18 Å². The van der Waals surface area contributed by atoms with E-state index in [9.17, 15) is 13.2 Å². The quantitative estimate of drug-likeness (QED) is 0.808. The Balaban J connectivity index is 1.94. The molecule has 1 N–H and O–H groups in total. The minimum absolute atomic E-state index is 0.00400. The Morgan fingerprint density at radius 1 is 1.04 bits per heavy atom. The van der Waals surface area contributed by atoms with Gasteiger partial charge >= 0.3 is 6.18 Å². The zero-order valence-electron chi connectivity index (χ0n) is 12.2.